The number of piperidine rings is 1. The Bertz CT molecular complexity index is 1350. The minimum absolute atomic E-state index is 0.0310. The van der Waals surface area contributed by atoms with E-state index in [-0.39, 0.29) is 16.1 Å². The van der Waals surface area contributed by atoms with Crippen molar-refractivity contribution >= 4 is 33.4 Å². The molecule has 6 rings (SSSR count). The minimum atomic E-state index is -2.80. The van der Waals surface area contributed by atoms with Gasteiger partial charge in [0.15, 0.2) is 10.8 Å². The maximum Gasteiger partial charge on any atom is 0.282 e. The Labute approximate surface area is 195 Å². The lowest BCUT2D eigenvalue weighted by Crippen LogP contribution is -2.57. The minimum Gasteiger partial charge on any atom is -0.346 e. The van der Waals surface area contributed by atoms with Crippen LogP contribution in [0.2, 0.25) is 0 Å². The van der Waals surface area contributed by atoms with Crippen molar-refractivity contribution < 1.29 is 17.6 Å². The smallest absolute Gasteiger partial charge is 0.282 e. The van der Waals surface area contributed by atoms with Crippen molar-refractivity contribution in [3.8, 4) is 0 Å². The standard InChI is InChI=1S/C22H19F4N7S/c23-13-1-2-16(24)15(7-13)22-8-12(22)3-5-32(22)17-4-6-33-19(30-17)14(9-29-33)18(27)34-20(28)31-10-21(25,26)11-31/h1-2,4,6-7,9,12,27-28H,3,5,8,10-11H2/t12-,22+/m0/s1. The molecule has 1 saturated carbocycles. The summed E-state index contributed by atoms with van der Waals surface area (Å²) in [5.41, 5.74) is 0.413. The molecule has 0 unspecified atom stereocenters. The lowest BCUT2D eigenvalue weighted by atomic mass is 10.0. The van der Waals surface area contributed by atoms with Crippen LogP contribution in [0.3, 0.4) is 0 Å². The number of alkyl halides is 2. The number of aromatic nitrogens is 3. The zero-order chi connectivity index (χ0) is 23.8. The van der Waals surface area contributed by atoms with Crippen LogP contribution in [0.25, 0.3) is 5.65 Å². The third kappa shape index (κ3) is 3.18. The van der Waals surface area contributed by atoms with Crippen LogP contribution < -0.4 is 4.90 Å². The zero-order valence-corrected chi connectivity index (χ0v) is 18.5. The van der Waals surface area contributed by atoms with Crippen molar-refractivity contribution in [1.82, 2.24) is 19.5 Å². The highest BCUT2D eigenvalue weighted by molar-refractivity contribution is 8.26. The zero-order valence-electron chi connectivity index (χ0n) is 17.7. The van der Waals surface area contributed by atoms with Gasteiger partial charge in [0, 0.05) is 18.3 Å². The molecule has 2 saturated heterocycles. The summed E-state index contributed by atoms with van der Waals surface area (Å²) in [6, 6.07) is 5.27. The summed E-state index contributed by atoms with van der Waals surface area (Å²) in [5.74, 6) is -2.97. The first-order valence-corrected chi connectivity index (χ1v) is 11.6. The molecule has 1 aliphatic carbocycles. The first kappa shape index (κ1) is 21.4. The molecule has 0 spiro atoms. The van der Waals surface area contributed by atoms with Crippen molar-refractivity contribution in [2.75, 3.05) is 24.5 Å². The number of nitrogens with one attached hydrogen (secondary N) is 2. The Balaban J connectivity index is 1.30. The van der Waals surface area contributed by atoms with Crippen LogP contribution in [0.5, 0.6) is 0 Å². The molecule has 2 N–H and O–H groups in total. The van der Waals surface area contributed by atoms with Gasteiger partial charge in [-0.15, -0.1) is 0 Å². The van der Waals surface area contributed by atoms with Gasteiger partial charge in [-0.2, -0.15) is 5.10 Å². The average molecular weight is 490 g/mol. The van der Waals surface area contributed by atoms with E-state index in [1.807, 2.05) is 4.90 Å². The number of likely N-dealkylation sites (tertiary alicyclic amines) is 1. The van der Waals surface area contributed by atoms with E-state index < -0.39 is 36.2 Å². The van der Waals surface area contributed by atoms with Crippen molar-refractivity contribution in [2.45, 2.75) is 24.3 Å². The highest BCUT2D eigenvalue weighted by Gasteiger charge is 2.64. The predicted molar refractivity (Wildman–Crippen MR) is 120 cm³/mol. The summed E-state index contributed by atoms with van der Waals surface area (Å²) in [6.45, 7) is -0.427. The summed E-state index contributed by atoms with van der Waals surface area (Å²) in [4.78, 5) is 7.90. The molecule has 12 heteroatoms. The van der Waals surface area contributed by atoms with Gasteiger partial charge in [0.2, 0.25) is 0 Å². The number of benzene rings is 1. The number of anilines is 1. The maximum atomic E-state index is 14.7. The highest BCUT2D eigenvalue weighted by Crippen LogP contribution is 2.63. The number of thioether (sulfide) groups is 1. The fraction of sp³-hybridized carbons (Fsp3) is 0.364. The molecule has 0 bridgehead atoms. The molecular formula is C22H19F4N7S. The number of amidine groups is 1. The number of halogens is 4. The van der Waals surface area contributed by atoms with E-state index in [4.69, 9.17) is 15.8 Å². The SMILES string of the molecule is N=C(SC(=N)N1CC(F)(F)C1)c1cnn2ccc(N3CC[C@H]4C[C@]43c3cc(F)ccc3F)nc12. The Morgan fingerprint density at radius 3 is 2.68 bits per heavy atom. The summed E-state index contributed by atoms with van der Waals surface area (Å²) in [7, 11) is 0. The van der Waals surface area contributed by atoms with Crippen molar-refractivity contribution in [1.29, 1.82) is 10.8 Å². The molecule has 7 nitrogen and oxygen atoms in total. The second kappa shape index (κ2) is 7.17. The Hall–Kier alpha value is -3.15. The van der Waals surface area contributed by atoms with Crippen molar-refractivity contribution in [3.63, 3.8) is 0 Å². The number of hydrogen-bond acceptors (Lipinski definition) is 6. The van der Waals surface area contributed by atoms with Gasteiger partial charge < -0.3 is 9.80 Å². The lowest BCUT2D eigenvalue weighted by molar-refractivity contribution is -0.0999. The van der Waals surface area contributed by atoms with Crippen LogP contribution in [0.1, 0.15) is 24.0 Å². The largest absolute Gasteiger partial charge is 0.346 e. The Morgan fingerprint density at radius 2 is 1.94 bits per heavy atom. The Morgan fingerprint density at radius 1 is 1.15 bits per heavy atom. The second-order valence-corrected chi connectivity index (χ2v) is 9.95. The maximum absolute atomic E-state index is 14.7. The topological polar surface area (TPSA) is 84.4 Å². The van der Waals surface area contributed by atoms with Gasteiger partial charge >= 0.3 is 0 Å². The van der Waals surface area contributed by atoms with Crippen LogP contribution in [0.4, 0.5) is 23.4 Å². The third-order valence-electron chi connectivity index (χ3n) is 6.86. The van der Waals surface area contributed by atoms with Gasteiger partial charge in [-0.3, -0.25) is 10.8 Å². The van der Waals surface area contributed by atoms with Gasteiger partial charge in [0.25, 0.3) is 5.92 Å². The summed E-state index contributed by atoms with van der Waals surface area (Å²) >= 11 is 0.764. The van der Waals surface area contributed by atoms with Gasteiger partial charge in [-0.05, 0) is 54.8 Å². The molecule has 176 valence electrons. The van der Waals surface area contributed by atoms with Crippen LogP contribution in [0, 0.1) is 28.4 Å². The van der Waals surface area contributed by atoms with E-state index in [2.05, 4.69) is 5.10 Å². The quantitative estimate of drug-likeness (QED) is 0.329. The Kier molecular flexibility index (Phi) is 4.51. The van der Waals surface area contributed by atoms with Gasteiger partial charge in [0.05, 0.1) is 30.4 Å². The molecule has 0 radical (unpaired) electrons. The van der Waals surface area contributed by atoms with E-state index in [1.54, 1.807) is 12.3 Å². The van der Waals surface area contributed by atoms with E-state index in [0.29, 0.717) is 35.6 Å². The first-order chi connectivity index (χ1) is 16.2. The molecule has 3 aliphatic rings. The normalized spacial score (nSPS) is 24.8. The van der Waals surface area contributed by atoms with Gasteiger partial charge in [-0.1, -0.05) is 0 Å². The fourth-order valence-electron chi connectivity index (χ4n) is 5.14. The monoisotopic (exact) mass is 489 g/mol. The van der Waals surface area contributed by atoms with E-state index in [1.165, 1.54) is 21.7 Å². The molecule has 3 fully saturated rings. The first-order valence-electron chi connectivity index (χ1n) is 10.7. The molecule has 0 amide bonds. The predicted octanol–water partition coefficient (Wildman–Crippen LogP) is 4.08. The van der Waals surface area contributed by atoms with Gasteiger partial charge in [0.1, 0.15) is 22.5 Å². The molecule has 4 heterocycles. The van der Waals surface area contributed by atoms with Crippen LogP contribution >= 0.6 is 11.8 Å². The molecule has 1 aromatic carbocycles. The summed E-state index contributed by atoms with van der Waals surface area (Å²) in [6.07, 6.45) is 4.67. The highest BCUT2D eigenvalue weighted by atomic mass is 32.2. The summed E-state index contributed by atoms with van der Waals surface area (Å²) in [5, 5.41) is 20.5. The molecule has 3 aromatic rings. The third-order valence-corrected chi connectivity index (χ3v) is 7.73. The van der Waals surface area contributed by atoms with E-state index >= 15 is 0 Å². The van der Waals surface area contributed by atoms with E-state index in [9.17, 15) is 17.6 Å². The van der Waals surface area contributed by atoms with Crippen molar-refractivity contribution in [3.05, 3.63) is 59.4 Å². The molecule has 2 aliphatic heterocycles. The van der Waals surface area contributed by atoms with E-state index in [0.717, 1.165) is 30.3 Å². The summed E-state index contributed by atoms with van der Waals surface area (Å²) < 4.78 is 56.4. The van der Waals surface area contributed by atoms with Crippen LogP contribution in [-0.4, -0.2) is 55.3 Å². The van der Waals surface area contributed by atoms with Crippen molar-refractivity contribution in [2.24, 2.45) is 5.92 Å². The molecular weight excluding hydrogens is 470 g/mol. The molecule has 2 aromatic heterocycles. The lowest BCUT2D eigenvalue weighted by Gasteiger charge is -2.39. The van der Waals surface area contributed by atoms with Crippen LogP contribution in [0.15, 0.2) is 36.7 Å². The second-order valence-electron chi connectivity index (χ2n) is 8.95. The number of fused-ring (bicyclic) bond motifs is 2. The van der Waals surface area contributed by atoms with Crippen LogP contribution in [-0.2, 0) is 5.54 Å². The van der Waals surface area contributed by atoms with Gasteiger partial charge in [-0.25, -0.2) is 27.1 Å². The fourth-order valence-corrected chi connectivity index (χ4v) is 5.84. The average Bonchev–Trinajstić information content (AvgIpc) is 3.16. The number of hydrogen-bond donors (Lipinski definition) is 2. The molecule has 2 atom stereocenters. The number of nitrogens with zero attached hydrogens (tertiary/aromatic N) is 5. The number of rotatable bonds is 3. The molecule has 34 heavy (non-hydrogen) atoms.